The average Bonchev–Trinajstić information content (AvgIpc) is 2.87. The Morgan fingerprint density at radius 2 is 1.92 bits per heavy atom. The number of aromatic nitrogens is 4. The van der Waals surface area contributed by atoms with E-state index in [1.54, 1.807) is 37.2 Å². The first-order valence-electron chi connectivity index (χ1n) is 13.1. The average molecular weight is 534 g/mol. The van der Waals surface area contributed by atoms with Gasteiger partial charge in [0.05, 0.1) is 36.4 Å². The minimum Gasteiger partial charge on any atom is -0.474 e. The second-order valence-corrected chi connectivity index (χ2v) is 11.4. The molecule has 39 heavy (non-hydrogen) atoms. The summed E-state index contributed by atoms with van der Waals surface area (Å²) in [5.74, 6) is 0.899. The normalized spacial score (nSPS) is 15.3. The van der Waals surface area contributed by atoms with Crippen molar-refractivity contribution in [3.05, 3.63) is 53.2 Å². The molecule has 0 fully saturated rings. The van der Waals surface area contributed by atoms with E-state index in [0.29, 0.717) is 42.9 Å². The number of hydrogen-bond acceptors (Lipinski definition) is 10. The number of ether oxygens (including phenoxy) is 2. The summed E-state index contributed by atoms with van der Waals surface area (Å²) in [6, 6.07) is 3.60. The molecule has 11 nitrogen and oxygen atoms in total. The van der Waals surface area contributed by atoms with Crippen LogP contribution in [-0.4, -0.2) is 56.4 Å². The molecule has 0 saturated carbocycles. The molecule has 0 atom stereocenters. The number of pyridine rings is 2. The molecule has 2 aliphatic heterocycles. The molecular formula is C28H35N7O4. The number of amides is 1. The number of fused-ring (bicyclic) bond motifs is 2. The molecular weight excluding hydrogens is 498 g/mol. The van der Waals surface area contributed by atoms with Crippen LogP contribution in [0, 0.1) is 6.92 Å². The molecule has 11 heteroatoms. The van der Waals surface area contributed by atoms with Gasteiger partial charge in [0.1, 0.15) is 23.5 Å². The number of nitrogens with one attached hydrogen (secondary N) is 1. The van der Waals surface area contributed by atoms with Crippen LogP contribution in [-0.2, 0) is 23.3 Å². The van der Waals surface area contributed by atoms with Crippen molar-refractivity contribution < 1.29 is 19.4 Å². The smallest absolute Gasteiger partial charge is 0.415 e. The minimum absolute atomic E-state index is 0.358. The van der Waals surface area contributed by atoms with E-state index in [1.807, 2.05) is 40.0 Å². The summed E-state index contributed by atoms with van der Waals surface area (Å²) in [7, 11) is 0. The zero-order chi connectivity index (χ0) is 27.9. The van der Waals surface area contributed by atoms with Crippen molar-refractivity contribution in [2.75, 3.05) is 34.8 Å². The van der Waals surface area contributed by atoms with Crippen molar-refractivity contribution in [2.45, 2.75) is 65.7 Å². The Balaban J connectivity index is 1.39. The molecule has 0 radical (unpaired) electrons. The van der Waals surface area contributed by atoms with Crippen molar-refractivity contribution in [2.24, 2.45) is 0 Å². The fraction of sp³-hybridized carbons (Fsp3) is 0.464. The number of anilines is 4. The van der Waals surface area contributed by atoms with Crippen LogP contribution in [0.15, 0.2) is 30.7 Å². The van der Waals surface area contributed by atoms with Crippen LogP contribution in [0.2, 0.25) is 0 Å². The summed E-state index contributed by atoms with van der Waals surface area (Å²) in [6.45, 7) is 13.0. The number of aliphatic hydroxyl groups is 1. The zero-order valence-corrected chi connectivity index (χ0v) is 23.3. The van der Waals surface area contributed by atoms with Gasteiger partial charge < -0.3 is 24.8 Å². The topological polar surface area (TPSA) is 126 Å². The lowest BCUT2D eigenvalue weighted by Crippen LogP contribution is -2.42. The molecule has 0 aliphatic carbocycles. The number of carbonyl (C=O) groups is 1. The number of nitrogens with zero attached hydrogens (tertiary/aromatic N) is 6. The van der Waals surface area contributed by atoms with Crippen LogP contribution in [0.1, 0.15) is 57.1 Å². The molecule has 0 unspecified atom stereocenters. The van der Waals surface area contributed by atoms with Crippen molar-refractivity contribution in [3.63, 3.8) is 0 Å². The Kier molecular flexibility index (Phi) is 6.79. The first-order valence-corrected chi connectivity index (χ1v) is 13.1. The lowest BCUT2D eigenvalue weighted by atomic mass is 10.0. The fourth-order valence-corrected chi connectivity index (χ4v) is 4.69. The molecule has 0 aromatic carbocycles. The van der Waals surface area contributed by atoms with E-state index in [0.717, 1.165) is 41.2 Å². The monoisotopic (exact) mass is 533 g/mol. The largest absolute Gasteiger partial charge is 0.474 e. The zero-order valence-electron chi connectivity index (χ0n) is 23.3. The van der Waals surface area contributed by atoms with Crippen molar-refractivity contribution >= 4 is 29.1 Å². The molecule has 2 N–H and O–H groups in total. The molecule has 0 spiro atoms. The standard InChI is InChI=1S/C28H35N7O4/c1-17-21(15-30-24-23(17)35(11-12-38-24)26(36)39-27(2,3)4)34-10-8-18-14-31-25(33-20(18)16-34)32-19-7-9-29-22(13-19)28(5,6)37/h7,9,13-15,37H,8,10-12,16H2,1-6H3,(H,29,31,32,33). The molecule has 3 aromatic heterocycles. The Labute approximate surface area is 228 Å². The summed E-state index contributed by atoms with van der Waals surface area (Å²) in [4.78, 5) is 34.9. The SMILES string of the molecule is Cc1c(N2CCc3cnc(Nc4ccnc(C(C)(C)O)c4)nc3C2)cnc2c1N(C(=O)OC(C)(C)C)CCO2. The van der Waals surface area contributed by atoms with E-state index >= 15 is 0 Å². The first kappa shape index (κ1) is 26.6. The summed E-state index contributed by atoms with van der Waals surface area (Å²) in [6.07, 6.45) is 5.66. The van der Waals surface area contributed by atoms with E-state index in [9.17, 15) is 9.90 Å². The van der Waals surface area contributed by atoms with Crippen LogP contribution in [0.5, 0.6) is 5.88 Å². The fourth-order valence-electron chi connectivity index (χ4n) is 4.69. The Hall–Kier alpha value is -3.99. The lowest BCUT2D eigenvalue weighted by Gasteiger charge is -2.35. The van der Waals surface area contributed by atoms with E-state index in [-0.39, 0.29) is 0 Å². The summed E-state index contributed by atoms with van der Waals surface area (Å²) < 4.78 is 11.4. The van der Waals surface area contributed by atoms with E-state index in [4.69, 9.17) is 14.5 Å². The quantitative estimate of drug-likeness (QED) is 0.503. The Morgan fingerprint density at radius 1 is 1.13 bits per heavy atom. The van der Waals surface area contributed by atoms with Gasteiger partial charge in [0.25, 0.3) is 0 Å². The third-order valence-electron chi connectivity index (χ3n) is 6.61. The molecule has 0 saturated heterocycles. The van der Waals surface area contributed by atoms with Crippen LogP contribution >= 0.6 is 0 Å². The third kappa shape index (κ3) is 5.73. The second kappa shape index (κ2) is 9.96. The van der Waals surface area contributed by atoms with Gasteiger partial charge in [-0.3, -0.25) is 9.88 Å². The van der Waals surface area contributed by atoms with Crippen LogP contribution in [0.4, 0.5) is 27.8 Å². The predicted octanol–water partition coefficient (Wildman–Crippen LogP) is 4.24. The van der Waals surface area contributed by atoms with Crippen molar-refractivity contribution in [1.29, 1.82) is 0 Å². The molecule has 2 aliphatic rings. The van der Waals surface area contributed by atoms with Gasteiger partial charge in [0, 0.05) is 30.2 Å². The first-order chi connectivity index (χ1) is 18.4. The van der Waals surface area contributed by atoms with Gasteiger partial charge in [0.15, 0.2) is 0 Å². The molecule has 5 rings (SSSR count). The maximum absolute atomic E-state index is 13.0. The molecule has 5 heterocycles. The van der Waals surface area contributed by atoms with Crippen LogP contribution < -0.4 is 19.9 Å². The third-order valence-corrected chi connectivity index (χ3v) is 6.61. The van der Waals surface area contributed by atoms with E-state index < -0.39 is 17.3 Å². The van der Waals surface area contributed by atoms with Gasteiger partial charge in [-0.15, -0.1) is 0 Å². The Morgan fingerprint density at radius 3 is 2.67 bits per heavy atom. The maximum atomic E-state index is 13.0. The summed E-state index contributed by atoms with van der Waals surface area (Å²) in [5.41, 5.74) is 4.08. The summed E-state index contributed by atoms with van der Waals surface area (Å²) >= 11 is 0. The highest BCUT2D eigenvalue weighted by Crippen LogP contribution is 2.39. The molecule has 1 amide bonds. The van der Waals surface area contributed by atoms with Gasteiger partial charge in [-0.25, -0.2) is 19.7 Å². The van der Waals surface area contributed by atoms with Crippen LogP contribution in [0.3, 0.4) is 0 Å². The molecule has 0 bridgehead atoms. The number of carbonyl (C=O) groups excluding carboxylic acids is 1. The van der Waals surface area contributed by atoms with E-state index in [1.165, 1.54) is 0 Å². The van der Waals surface area contributed by atoms with Gasteiger partial charge >= 0.3 is 6.09 Å². The highest BCUT2D eigenvalue weighted by molar-refractivity contribution is 5.92. The summed E-state index contributed by atoms with van der Waals surface area (Å²) in [5, 5.41) is 13.5. The molecule has 206 valence electrons. The van der Waals surface area contributed by atoms with Crippen LogP contribution in [0.25, 0.3) is 0 Å². The Bertz CT molecular complexity index is 1400. The highest BCUT2D eigenvalue weighted by Gasteiger charge is 2.33. The van der Waals surface area contributed by atoms with Gasteiger partial charge in [0.2, 0.25) is 11.8 Å². The van der Waals surface area contributed by atoms with E-state index in [2.05, 4.69) is 25.2 Å². The van der Waals surface area contributed by atoms with Crippen molar-refractivity contribution in [3.8, 4) is 5.88 Å². The predicted molar refractivity (Wildman–Crippen MR) is 148 cm³/mol. The highest BCUT2D eigenvalue weighted by atomic mass is 16.6. The molecule has 3 aromatic rings. The number of rotatable bonds is 4. The van der Waals surface area contributed by atoms with Crippen molar-refractivity contribution in [1.82, 2.24) is 19.9 Å². The minimum atomic E-state index is -1.06. The van der Waals surface area contributed by atoms with Gasteiger partial charge in [-0.2, -0.15) is 0 Å². The number of hydrogen-bond donors (Lipinski definition) is 2. The second-order valence-electron chi connectivity index (χ2n) is 11.4. The lowest BCUT2D eigenvalue weighted by molar-refractivity contribution is 0.0566. The maximum Gasteiger partial charge on any atom is 0.415 e. The van der Waals surface area contributed by atoms with Gasteiger partial charge in [-0.1, -0.05) is 0 Å². The van der Waals surface area contributed by atoms with Gasteiger partial charge in [-0.05, 0) is 65.7 Å².